The Labute approximate surface area is 158 Å². The van der Waals surface area contributed by atoms with Crippen LogP contribution in [0.3, 0.4) is 0 Å². The van der Waals surface area contributed by atoms with Gasteiger partial charge in [0.1, 0.15) is 5.82 Å². The quantitative estimate of drug-likeness (QED) is 0.656. The first-order valence-electron chi connectivity index (χ1n) is 9.11. The Kier molecular flexibility index (Phi) is 6.26. The lowest BCUT2D eigenvalue weighted by atomic mass is 10.1. The fourth-order valence-electron chi connectivity index (χ4n) is 2.80. The Morgan fingerprint density at radius 3 is 2.48 bits per heavy atom. The van der Waals surface area contributed by atoms with E-state index < -0.39 is 0 Å². The van der Waals surface area contributed by atoms with Crippen LogP contribution in [0.1, 0.15) is 31.0 Å². The maximum Gasteiger partial charge on any atom is 0.225 e. The predicted molar refractivity (Wildman–Crippen MR) is 105 cm³/mol. The molecule has 0 unspecified atom stereocenters. The highest BCUT2D eigenvalue weighted by Crippen LogP contribution is 2.21. The molecule has 1 amide bonds. The Morgan fingerprint density at radius 2 is 1.78 bits per heavy atom. The molecule has 0 saturated carbocycles. The number of hydrogen-bond acceptors (Lipinski definition) is 3. The van der Waals surface area contributed by atoms with Gasteiger partial charge in [0.05, 0.1) is 17.6 Å². The van der Waals surface area contributed by atoms with Crippen LogP contribution in [-0.4, -0.2) is 15.9 Å². The van der Waals surface area contributed by atoms with Crippen molar-refractivity contribution in [1.29, 1.82) is 0 Å². The molecule has 5 heteroatoms. The lowest BCUT2D eigenvalue weighted by Gasteiger charge is -2.11. The Morgan fingerprint density at radius 1 is 1.04 bits per heavy atom. The minimum absolute atomic E-state index is 0.0833. The number of anilines is 1. The maximum absolute atomic E-state index is 13.1. The predicted octanol–water partition coefficient (Wildman–Crippen LogP) is 4.81. The minimum Gasteiger partial charge on any atom is -0.309 e. The van der Waals surface area contributed by atoms with E-state index in [0.717, 1.165) is 23.2 Å². The summed E-state index contributed by atoms with van der Waals surface area (Å²) in [5.74, 6) is 0.128. The third-order valence-corrected chi connectivity index (χ3v) is 4.21. The molecule has 3 rings (SSSR count). The number of rotatable bonds is 7. The summed E-state index contributed by atoms with van der Waals surface area (Å²) in [7, 11) is 0. The van der Waals surface area contributed by atoms with Crippen molar-refractivity contribution < 1.29 is 9.18 Å². The topological polar surface area (TPSA) is 54.9 Å². The molecule has 1 aromatic heterocycles. The van der Waals surface area contributed by atoms with Crippen molar-refractivity contribution in [1.82, 2.24) is 9.97 Å². The molecule has 0 bridgehead atoms. The van der Waals surface area contributed by atoms with Gasteiger partial charge in [0.2, 0.25) is 5.91 Å². The summed E-state index contributed by atoms with van der Waals surface area (Å²) >= 11 is 0. The van der Waals surface area contributed by atoms with Crippen molar-refractivity contribution in [2.24, 2.45) is 0 Å². The molecule has 0 spiro atoms. The summed E-state index contributed by atoms with van der Waals surface area (Å²) in [5.41, 5.74) is 3.33. The second-order valence-corrected chi connectivity index (χ2v) is 6.34. The van der Waals surface area contributed by atoms with E-state index in [1.165, 1.54) is 12.1 Å². The fraction of sp³-hybridized carbons (Fsp3) is 0.227. The zero-order valence-electron chi connectivity index (χ0n) is 15.3. The average molecular weight is 363 g/mol. The summed E-state index contributed by atoms with van der Waals surface area (Å²) in [6.07, 6.45) is 4.26. The molecule has 138 valence electrons. The van der Waals surface area contributed by atoms with Crippen molar-refractivity contribution in [2.75, 3.05) is 5.32 Å². The maximum atomic E-state index is 13.1. The zero-order chi connectivity index (χ0) is 19.1. The van der Waals surface area contributed by atoms with E-state index in [-0.39, 0.29) is 11.7 Å². The molecule has 1 heterocycles. The van der Waals surface area contributed by atoms with Gasteiger partial charge in [-0.2, -0.15) is 0 Å². The molecule has 0 aliphatic heterocycles. The molecule has 0 aliphatic carbocycles. The van der Waals surface area contributed by atoms with E-state index in [9.17, 15) is 9.18 Å². The lowest BCUT2D eigenvalue weighted by molar-refractivity contribution is -0.116. The number of carbonyl (C=O) groups is 1. The number of nitrogens with one attached hydrogen (secondary N) is 1. The van der Waals surface area contributed by atoms with Gasteiger partial charge in [0.25, 0.3) is 0 Å². The fourth-order valence-corrected chi connectivity index (χ4v) is 2.80. The highest BCUT2D eigenvalue weighted by Gasteiger charge is 2.12. The van der Waals surface area contributed by atoms with Gasteiger partial charge in [-0.1, -0.05) is 43.7 Å². The summed E-state index contributed by atoms with van der Waals surface area (Å²) in [6.45, 7) is 2.05. The van der Waals surface area contributed by atoms with Gasteiger partial charge >= 0.3 is 0 Å². The second-order valence-electron chi connectivity index (χ2n) is 6.34. The summed E-state index contributed by atoms with van der Waals surface area (Å²) in [5, 5.41) is 2.88. The summed E-state index contributed by atoms with van der Waals surface area (Å²) in [4.78, 5) is 21.4. The van der Waals surface area contributed by atoms with Gasteiger partial charge in [-0.05, 0) is 42.7 Å². The first-order valence-corrected chi connectivity index (χ1v) is 9.11. The SMILES string of the molecule is CCCc1nc(-c2ccc(F)cc2)cnc1NC(=O)CCc1ccccc1. The number of aromatic nitrogens is 2. The molecule has 2 aromatic carbocycles. The minimum atomic E-state index is -0.289. The monoisotopic (exact) mass is 363 g/mol. The molecule has 0 aliphatic rings. The molecule has 0 fully saturated rings. The van der Waals surface area contributed by atoms with E-state index in [4.69, 9.17) is 0 Å². The van der Waals surface area contributed by atoms with Crippen LogP contribution in [0.2, 0.25) is 0 Å². The molecule has 4 nitrogen and oxygen atoms in total. The number of carbonyl (C=O) groups excluding carboxylic acids is 1. The van der Waals surface area contributed by atoms with Crippen molar-refractivity contribution in [3.05, 3.63) is 77.9 Å². The van der Waals surface area contributed by atoms with Crippen LogP contribution in [0, 0.1) is 5.82 Å². The van der Waals surface area contributed by atoms with Gasteiger partial charge in [-0.25, -0.2) is 14.4 Å². The molecular weight excluding hydrogens is 341 g/mol. The number of amides is 1. The first-order chi connectivity index (χ1) is 13.2. The first kappa shape index (κ1) is 18.7. The van der Waals surface area contributed by atoms with Crippen molar-refractivity contribution >= 4 is 11.7 Å². The Bertz CT molecular complexity index is 895. The number of aryl methyl sites for hydroxylation is 2. The van der Waals surface area contributed by atoms with Crippen LogP contribution in [0.15, 0.2) is 60.8 Å². The largest absolute Gasteiger partial charge is 0.309 e. The van der Waals surface area contributed by atoms with E-state index in [0.29, 0.717) is 30.8 Å². The zero-order valence-corrected chi connectivity index (χ0v) is 15.3. The standard InChI is InChI=1S/C22H22FN3O/c1-2-6-19-22(26-21(27)14-9-16-7-4-3-5-8-16)24-15-20(25-19)17-10-12-18(23)13-11-17/h3-5,7-8,10-13,15H,2,6,9,14H2,1H3,(H,24,26,27). The van der Waals surface area contributed by atoms with Gasteiger partial charge in [0, 0.05) is 12.0 Å². The van der Waals surface area contributed by atoms with E-state index in [1.54, 1.807) is 18.3 Å². The van der Waals surface area contributed by atoms with E-state index in [1.807, 2.05) is 37.3 Å². The van der Waals surface area contributed by atoms with Crippen LogP contribution < -0.4 is 5.32 Å². The van der Waals surface area contributed by atoms with Gasteiger partial charge in [-0.15, -0.1) is 0 Å². The highest BCUT2D eigenvalue weighted by atomic mass is 19.1. The molecule has 0 atom stereocenters. The highest BCUT2D eigenvalue weighted by molar-refractivity contribution is 5.90. The third kappa shape index (κ3) is 5.20. The summed E-state index contributed by atoms with van der Waals surface area (Å²) < 4.78 is 13.1. The molecule has 3 aromatic rings. The number of benzene rings is 2. The molecule has 0 radical (unpaired) electrons. The van der Waals surface area contributed by atoms with Gasteiger partial charge < -0.3 is 5.32 Å². The van der Waals surface area contributed by atoms with Gasteiger partial charge in [0.15, 0.2) is 5.82 Å². The number of hydrogen-bond donors (Lipinski definition) is 1. The molecular formula is C22H22FN3O. The van der Waals surface area contributed by atoms with Crippen molar-refractivity contribution in [3.63, 3.8) is 0 Å². The number of halogens is 1. The molecule has 27 heavy (non-hydrogen) atoms. The Balaban J connectivity index is 1.72. The molecule has 1 N–H and O–H groups in total. The van der Waals surface area contributed by atoms with Crippen molar-refractivity contribution in [3.8, 4) is 11.3 Å². The van der Waals surface area contributed by atoms with E-state index in [2.05, 4.69) is 15.3 Å². The average Bonchev–Trinajstić information content (AvgIpc) is 2.69. The number of nitrogens with zero attached hydrogens (tertiary/aromatic N) is 2. The van der Waals surface area contributed by atoms with Crippen LogP contribution in [-0.2, 0) is 17.6 Å². The summed E-state index contributed by atoms with van der Waals surface area (Å²) in [6, 6.07) is 16.0. The molecule has 0 saturated heterocycles. The normalized spacial score (nSPS) is 10.6. The smallest absolute Gasteiger partial charge is 0.225 e. The van der Waals surface area contributed by atoms with Gasteiger partial charge in [-0.3, -0.25) is 4.79 Å². The van der Waals surface area contributed by atoms with Crippen LogP contribution in [0.5, 0.6) is 0 Å². The van der Waals surface area contributed by atoms with Crippen molar-refractivity contribution in [2.45, 2.75) is 32.6 Å². The second kappa shape index (κ2) is 9.03. The van der Waals surface area contributed by atoms with E-state index >= 15 is 0 Å². The van der Waals surface area contributed by atoms with Crippen LogP contribution >= 0.6 is 0 Å². The third-order valence-electron chi connectivity index (χ3n) is 4.21. The van der Waals surface area contributed by atoms with Crippen LogP contribution in [0.25, 0.3) is 11.3 Å². The Hall–Kier alpha value is -3.08. The van der Waals surface area contributed by atoms with Crippen LogP contribution in [0.4, 0.5) is 10.2 Å². The lowest BCUT2D eigenvalue weighted by Crippen LogP contribution is -2.16.